The van der Waals surface area contributed by atoms with Crippen LogP contribution in [-0.2, 0) is 9.63 Å². The average molecular weight is 328 g/mol. The van der Waals surface area contributed by atoms with Crippen LogP contribution in [0.5, 0.6) is 11.5 Å². The number of ether oxygens (including phenoxy) is 2. The highest BCUT2D eigenvalue weighted by molar-refractivity contribution is 5.91. The molecule has 6 nitrogen and oxygen atoms in total. The predicted octanol–water partition coefficient (Wildman–Crippen LogP) is 3.00. The molecule has 0 aliphatic rings. The van der Waals surface area contributed by atoms with Crippen molar-refractivity contribution in [2.75, 3.05) is 26.1 Å². The largest absolute Gasteiger partial charge is 0.497 e. The fourth-order valence-corrected chi connectivity index (χ4v) is 2.05. The van der Waals surface area contributed by atoms with Gasteiger partial charge in [0.2, 0.25) is 0 Å². The Labute approximate surface area is 141 Å². The third-order valence-electron chi connectivity index (χ3n) is 3.20. The molecular formula is C18H20N2O4. The summed E-state index contributed by atoms with van der Waals surface area (Å²) < 4.78 is 10.4. The van der Waals surface area contributed by atoms with Crippen LogP contribution in [0.4, 0.5) is 5.69 Å². The molecule has 2 aromatic rings. The van der Waals surface area contributed by atoms with Crippen LogP contribution in [0.15, 0.2) is 47.6 Å². The molecule has 0 heterocycles. The summed E-state index contributed by atoms with van der Waals surface area (Å²) in [6.07, 6.45) is 1.47. The van der Waals surface area contributed by atoms with E-state index in [1.165, 1.54) is 6.21 Å². The number of rotatable bonds is 7. The Bertz CT molecular complexity index is 729. The lowest BCUT2D eigenvalue weighted by Crippen LogP contribution is -2.17. The van der Waals surface area contributed by atoms with Crippen LogP contribution in [0.3, 0.4) is 0 Å². The number of carbonyl (C=O) groups is 1. The Morgan fingerprint density at radius 2 is 2.00 bits per heavy atom. The van der Waals surface area contributed by atoms with Gasteiger partial charge >= 0.3 is 0 Å². The van der Waals surface area contributed by atoms with Gasteiger partial charge in [0.25, 0.3) is 5.91 Å². The number of hydrogen-bond donors (Lipinski definition) is 1. The monoisotopic (exact) mass is 328 g/mol. The lowest BCUT2D eigenvalue weighted by Gasteiger charge is -2.07. The molecule has 1 N–H and O–H groups in total. The van der Waals surface area contributed by atoms with Gasteiger partial charge in [0.05, 0.1) is 20.4 Å². The first kappa shape index (κ1) is 17.3. The van der Waals surface area contributed by atoms with E-state index in [-0.39, 0.29) is 12.5 Å². The van der Waals surface area contributed by atoms with Crippen LogP contribution in [0, 0.1) is 6.92 Å². The molecule has 0 atom stereocenters. The lowest BCUT2D eigenvalue weighted by atomic mass is 10.2. The molecule has 0 bridgehead atoms. The van der Waals surface area contributed by atoms with Gasteiger partial charge in [-0.1, -0.05) is 17.3 Å². The number of aryl methyl sites for hydroxylation is 1. The maximum atomic E-state index is 11.8. The van der Waals surface area contributed by atoms with Crippen molar-refractivity contribution in [3.05, 3.63) is 53.6 Å². The van der Waals surface area contributed by atoms with E-state index in [4.69, 9.17) is 14.3 Å². The molecule has 0 aliphatic heterocycles. The summed E-state index contributed by atoms with van der Waals surface area (Å²) in [6, 6.07) is 12.8. The fourth-order valence-electron chi connectivity index (χ4n) is 2.05. The highest BCUT2D eigenvalue weighted by Crippen LogP contribution is 2.22. The summed E-state index contributed by atoms with van der Waals surface area (Å²) in [4.78, 5) is 16.8. The minimum absolute atomic E-state index is 0.184. The van der Waals surface area contributed by atoms with Gasteiger partial charge in [-0.3, -0.25) is 4.79 Å². The molecule has 0 saturated carbocycles. The lowest BCUT2D eigenvalue weighted by molar-refractivity contribution is -0.120. The first-order chi connectivity index (χ1) is 11.6. The number of methoxy groups -OCH3 is 2. The molecule has 0 saturated heterocycles. The molecule has 0 unspecified atom stereocenters. The van der Waals surface area contributed by atoms with Crippen LogP contribution in [0.2, 0.25) is 0 Å². The number of anilines is 1. The maximum absolute atomic E-state index is 11.8. The summed E-state index contributed by atoms with van der Waals surface area (Å²) in [7, 11) is 3.14. The van der Waals surface area contributed by atoms with Crippen molar-refractivity contribution in [1.29, 1.82) is 0 Å². The quantitative estimate of drug-likeness (QED) is 0.626. The third kappa shape index (κ3) is 5.01. The summed E-state index contributed by atoms with van der Waals surface area (Å²) in [5, 5.41) is 6.54. The number of benzene rings is 2. The summed E-state index contributed by atoms with van der Waals surface area (Å²) in [5.41, 5.74) is 2.48. The number of nitrogens with zero attached hydrogens (tertiary/aromatic N) is 1. The van der Waals surface area contributed by atoms with E-state index in [1.54, 1.807) is 32.4 Å². The molecule has 6 heteroatoms. The topological polar surface area (TPSA) is 69.1 Å². The average Bonchev–Trinajstić information content (AvgIpc) is 2.58. The number of nitrogens with one attached hydrogen (secondary N) is 1. The maximum Gasteiger partial charge on any atom is 0.265 e. The van der Waals surface area contributed by atoms with Gasteiger partial charge in [-0.2, -0.15) is 0 Å². The molecular weight excluding hydrogens is 308 g/mol. The van der Waals surface area contributed by atoms with Gasteiger partial charge in [-0.25, -0.2) is 0 Å². The smallest absolute Gasteiger partial charge is 0.265 e. The zero-order valence-electron chi connectivity index (χ0n) is 13.9. The number of carbonyl (C=O) groups excluding carboxylic acids is 1. The molecule has 2 rings (SSSR count). The minimum atomic E-state index is -0.282. The van der Waals surface area contributed by atoms with Crippen molar-refractivity contribution in [2.45, 2.75) is 6.92 Å². The molecule has 126 valence electrons. The molecule has 1 amide bonds. The predicted molar refractivity (Wildman–Crippen MR) is 92.9 cm³/mol. The second-order valence-electron chi connectivity index (χ2n) is 5.03. The summed E-state index contributed by atoms with van der Waals surface area (Å²) in [6.45, 7) is 1.77. The Kier molecular flexibility index (Phi) is 6.19. The van der Waals surface area contributed by atoms with Crippen molar-refractivity contribution in [1.82, 2.24) is 0 Å². The normalized spacial score (nSPS) is 10.5. The van der Waals surface area contributed by atoms with Crippen LogP contribution in [0.1, 0.15) is 11.1 Å². The number of hydrogen-bond acceptors (Lipinski definition) is 5. The van der Waals surface area contributed by atoms with Gasteiger partial charge in [-0.15, -0.1) is 0 Å². The second-order valence-corrected chi connectivity index (χ2v) is 5.03. The molecule has 0 fully saturated rings. The molecule has 0 aliphatic carbocycles. The second kappa shape index (κ2) is 8.57. The van der Waals surface area contributed by atoms with Crippen LogP contribution in [0.25, 0.3) is 0 Å². The molecule has 24 heavy (non-hydrogen) atoms. The van der Waals surface area contributed by atoms with Crippen LogP contribution < -0.4 is 14.8 Å². The zero-order chi connectivity index (χ0) is 17.4. The van der Waals surface area contributed by atoms with E-state index in [1.807, 2.05) is 31.2 Å². The van der Waals surface area contributed by atoms with E-state index in [0.29, 0.717) is 17.1 Å². The Balaban J connectivity index is 1.89. The summed E-state index contributed by atoms with van der Waals surface area (Å²) in [5.74, 6) is 1.03. The van der Waals surface area contributed by atoms with E-state index >= 15 is 0 Å². The van der Waals surface area contributed by atoms with Crippen molar-refractivity contribution >= 4 is 17.8 Å². The Morgan fingerprint density at radius 3 is 2.71 bits per heavy atom. The third-order valence-corrected chi connectivity index (χ3v) is 3.20. The first-order valence-electron chi connectivity index (χ1n) is 7.36. The highest BCUT2D eigenvalue weighted by Gasteiger charge is 2.04. The van der Waals surface area contributed by atoms with Gasteiger partial charge in [0, 0.05) is 11.3 Å². The molecule has 0 spiro atoms. The van der Waals surface area contributed by atoms with Crippen molar-refractivity contribution < 1.29 is 19.1 Å². The SMILES string of the molecule is COc1ccc(OC)c(/C=N\OCC(=O)Nc2cccc(C)c2)c1. The highest BCUT2D eigenvalue weighted by atomic mass is 16.6. The van der Waals surface area contributed by atoms with E-state index in [2.05, 4.69) is 10.5 Å². The van der Waals surface area contributed by atoms with Crippen molar-refractivity contribution in [3.8, 4) is 11.5 Å². The Morgan fingerprint density at radius 1 is 1.17 bits per heavy atom. The van der Waals surface area contributed by atoms with Crippen molar-refractivity contribution in [2.24, 2.45) is 5.16 Å². The number of oxime groups is 1. The van der Waals surface area contributed by atoms with Gasteiger partial charge in [0.15, 0.2) is 6.61 Å². The zero-order valence-corrected chi connectivity index (χ0v) is 13.9. The van der Waals surface area contributed by atoms with Gasteiger partial charge in [0.1, 0.15) is 11.5 Å². The van der Waals surface area contributed by atoms with E-state index < -0.39 is 0 Å². The molecule has 0 radical (unpaired) electrons. The van der Waals surface area contributed by atoms with Gasteiger partial charge in [-0.05, 0) is 42.8 Å². The van der Waals surface area contributed by atoms with Crippen LogP contribution in [-0.4, -0.2) is 32.9 Å². The Hall–Kier alpha value is -3.02. The molecule has 2 aromatic carbocycles. The van der Waals surface area contributed by atoms with Crippen LogP contribution >= 0.6 is 0 Å². The standard InChI is InChI=1S/C18H20N2O4/c1-13-5-4-6-15(9-13)20-18(21)12-24-19-11-14-10-16(22-2)7-8-17(14)23-3/h4-11H,12H2,1-3H3,(H,20,21)/b19-11-. The van der Waals surface area contributed by atoms with E-state index in [9.17, 15) is 4.79 Å². The number of amides is 1. The van der Waals surface area contributed by atoms with E-state index in [0.717, 1.165) is 11.3 Å². The summed E-state index contributed by atoms with van der Waals surface area (Å²) >= 11 is 0. The van der Waals surface area contributed by atoms with Crippen molar-refractivity contribution in [3.63, 3.8) is 0 Å². The van der Waals surface area contributed by atoms with Gasteiger partial charge < -0.3 is 19.6 Å². The fraction of sp³-hybridized carbons (Fsp3) is 0.222. The first-order valence-corrected chi connectivity index (χ1v) is 7.36. The minimum Gasteiger partial charge on any atom is -0.497 e. The molecule has 0 aromatic heterocycles.